The normalized spacial score (nSPS) is 18.4. The predicted molar refractivity (Wildman–Crippen MR) is 145 cm³/mol. The van der Waals surface area contributed by atoms with Gasteiger partial charge in [0.15, 0.2) is 11.5 Å². The molecule has 0 N–H and O–H groups in total. The first kappa shape index (κ1) is 25.6. The minimum Gasteiger partial charge on any atom is -0.490 e. The summed E-state index contributed by atoms with van der Waals surface area (Å²) in [6.07, 6.45) is 4.48. The highest BCUT2D eigenvalue weighted by molar-refractivity contribution is 5.49. The molecule has 0 spiro atoms. The fourth-order valence-electron chi connectivity index (χ4n) is 5.58. The van der Waals surface area contributed by atoms with Crippen molar-refractivity contribution < 1.29 is 9.47 Å². The molecular weight excluding hydrogens is 432 g/mol. The fraction of sp³-hybridized carbons (Fsp3) is 0.548. The number of piperidine rings is 1. The number of likely N-dealkylation sites (tertiary alicyclic amines) is 1. The summed E-state index contributed by atoms with van der Waals surface area (Å²) in [4.78, 5) is 5.16. The minimum atomic E-state index is 0.498. The van der Waals surface area contributed by atoms with E-state index < -0.39 is 0 Å². The van der Waals surface area contributed by atoms with Crippen LogP contribution >= 0.6 is 0 Å². The Bertz CT molecular complexity index is 999. The summed E-state index contributed by atoms with van der Waals surface area (Å²) < 4.78 is 12.0. The molecule has 0 radical (unpaired) electrons. The van der Waals surface area contributed by atoms with E-state index >= 15 is 0 Å². The second-order valence-electron chi connectivity index (χ2n) is 10.8. The molecule has 35 heavy (non-hydrogen) atoms. The van der Waals surface area contributed by atoms with Crippen molar-refractivity contribution in [3.63, 3.8) is 0 Å². The van der Waals surface area contributed by atoms with Gasteiger partial charge in [-0.15, -0.1) is 0 Å². The average Bonchev–Trinajstić information content (AvgIpc) is 3.09. The van der Waals surface area contributed by atoms with Crippen LogP contribution in [0.5, 0.6) is 11.5 Å². The molecule has 0 aliphatic carbocycles. The predicted octanol–water partition coefficient (Wildman–Crippen LogP) is 6.60. The van der Waals surface area contributed by atoms with Crippen LogP contribution in [0.3, 0.4) is 0 Å². The maximum Gasteiger partial charge on any atom is 0.164 e. The first-order chi connectivity index (χ1) is 16.9. The van der Waals surface area contributed by atoms with Gasteiger partial charge in [0.25, 0.3) is 0 Å². The lowest BCUT2D eigenvalue weighted by atomic mass is 9.92. The van der Waals surface area contributed by atoms with Crippen molar-refractivity contribution in [3.05, 3.63) is 70.9 Å². The zero-order valence-electron chi connectivity index (χ0n) is 22.3. The van der Waals surface area contributed by atoms with E-state index in [1.54, 1.807) is 0 Å². The molecule has 2 heterocycles. The zero-order chi connectivity index (χ0) is 24.8. The van der Waals surface area contributed by atoms with Gasteiger partial charge in [0.1, 0.15) is 0 Å². The van der Waals surface area contributed by atoms with Gasteiger partial charge < -0.3 is 14.4 Å². The van der Waals surface area contributed by atoms with Crippen molar-refractivity contribution in [3.8, 4) is 11.5 Å². The van der Waals surface area contributed by atoms with Crippen LogP contribution in [-0.2, 0) is 19.5 Å². The van der Waals surface area contributed by atoms with Crippen molar-refractivity contribution in [2.45, 2.75) is 66.5 Å². The zero-order valence-corrected chi connectivity index (χ0v) is 22.3. The molecule has 4 nitrogen and oxygen atoms in total. The molecule has 2 aromatic carbocycles. The molecule has 190 valence electrons. The largest absolute Gasteiger partial charge is 0.490 e. The van der Waals surface area contributed by atoms with Crippen molar-refractivity contribution in [2.75, 3.05) is 32.8 Å². The van der Waals surface area contributed by atoms with Crippen LogP contribution in [0.25, 0.3) is 0 Å². The molecular formula is C31H44N2O2. The maximum atomic E-state index is 6.03. The number of rotatable bonds is 9. The van der Waals surface area contributed by atoms with E-state index in [-0.39, 0.29) is 0 Å². The lowest BCUT2D eigenvalue weighted by molar-refractivity contribution is 0.154. The molecule has 2 aromatic rings. The van der Waals surface area contributed by atoms with E-state index in [0.29, 0.717) is 11.8 Å². The highest BCUT2D eigenvalue weighted by atomic mass is 16.5. The van der Waals surface area contributed by atoms with E-state index in [0.717, 1.165) is 69.3 Å². The summed E-state index contributed by atoms with van der Waals surface area (Å²) in [7, 11) is 0. The van der Waals surface area contributed by atoms with Gasteiger partial charge in [0, 0.05) is 44.2 Å². The Balaban J connectivity index is 1.47. The first-order valence-corrected chi connectivity index (χ1v) is 13.6. The second kappa shape index (κ2) is 12.0. The summed E-state index contributed by atoms with van der Waals surface area (Å²) in [6, 6.07) is 13.4. The smallest absolute Gasteiger partial charge is 0.164 e. The van der Waals surface area contributed by atoms with Crippen LogP contribution in [0, 0.1) is 18.8 Å². The Morgan fingerprint density at radius 3 is 2.66 bits per heavy atom. The molecule has 4 heteroatoms. The van der Waals surface area contributed by atoms with Gasteiger partial charge in [0.2, 0.25) is 0 Å². The number of benzene rings is 2. The molecule has 1 unspecified atom stereocenters. The highest BCUT2D eigenvalue weighted by Gasteiger charge is 2.26. The van der Waals surface area contributed by atoms with Gasteiger partial charge >= 0.3 is 0 Å². The molecule has 4 rings (SSSR count). The maximum absolute atomic E-state index is 6.03. The SMILES string of the molecule is C=C(C1CCCN(Cc2ccccc2CC)C1)N(Cc1cc(C)c2c(c1)OCCCO2)CC(C)C. The Morgan fingerprint density at radius 2 is 1.89 bits per heavy atom. The van der Waals surface area contributed by atoms with Gasteiger partial charge in [-0.25, -0.2) is 0 Å². The molecule has 0 bridgehead atoms. The van der Waals surface area contributed by atoms with Crippen LogP contribution in [0.1, 0.15) is 62.3 Å². The molecule has 0 saturated carbocycles. The topological polar surface area (TPSA) is 24.9 Å². The third-order valence-electron chi connectivity index (χ3n) is 7.33. The molecule has 1 fully saturated rings. The van der Waals surface area contributed by atoms with Crippen LogP contribution in [0.4, 0.5) is 0 Å². The van der Waals surface area contributed by atoms with E-state index in [1.165, 1.54) is 41.8 Å². The second-order valence-corrected chi connectivity index (χ2v) is 10.8. The quantitative estimate of drug-likeness (QED) is 0.407. The van der Waals surface area contributed by atoms with Crippen molar-refractivity contribution >= 4 is 0 Å². The van der Waals surface area contributed by atoms with Crippen LogP contribution in [0.15, 0.2) is 48.7 Å². The minimum absolute atomic E-state index is 0.498. The van der Waals surface area contributed by atoms with Gasteiger partial charge in [0.05, 0.1) is 13.2 Å². The third kappa shape index (κ3) is 6.61. The summed E-state index contributed by atoms with van der Waals surface area (Å²) in [6.45, 7) is 20.3. The van der Waals surface area contributed by atoms with E-state index in [1.807, 2.05) is 0 Å². The van der Waals surface area contributed by atoms with E-state index in [4.69, 9.17) is 9.47 Å². The molecule has 2 aliphatic heterocycles. The summed E-state index contributed by atoms with van der Waals surface area (Å²) in [5, 5.41) is 0. The number of hydrogen-bond acceptors (Lipinski definition) is 4. The number of aryl methyl sites for hydroxylation is 2. The molecule has 1 atom stereocenters. The number of nitrogens with zero attached hydrogens (tertiary/aromatic N) is 2. The summed E-state index contributed by atoms with van der Waals surface area (Å²) in [5.41, 5.74) is 6.67. The Hall–Kier alpha value is -2.46. The van der Waals surface area contributed by atoms with Gasteiger partial charge in [-0.3, -0.25) is 4.90 Å². The van der Waals surface area contributed by atoms with Crippen LogP contribution in [-0.4, -0.2) is 42.6 Å². The summed E-state index contributed by atoms with van der Waals surface area (Å²) >= 11 is 0. The average molecular weight is 477 g/mol. The number of hydrogen-bond donors (Lipinski definition) is 0. The lowest BCUT2D eigenvalue weighted by Gasteiger charge is -2.39. The number of fused-ring (bicyclic) bond motifs is 1. The fourth-order valence-corrected chi connectivity index (χ4v) is 5.58. The number of ether oxygens (including phenoxy) is 2. The standard InChI is InChI=1S/C31H44N2O2/c1-6-27-11-7-8-12-29(27)22-32-14-9-13-28(21-32)25(5)33(19-23(2)3)20-26-17-24(4)31-30(18-26)34-15-10-16-35-31/h7-8,11-12,17-18,23,28H,5-6,9-10,13-16,19-22H2,1-4H3. The molecule has 2 aliphatic rings. The first-order valence-electron chi connectivity index (χ1n) is 13.6. The van der Waals surface area contributed by atoms with Gasteiger partial charge in [-0.2, -0.15) is 0 Å². The van der Waals surface area contributed by atoms with Crippen molar-refractivity contribution in [1.29, 1.82) is 0 Å². The Morgan fingerprint density at radius 1 is 1.11 bits per heavy atom. The molecule has 0 aromatic heterocycles. The van der Waals surface area contributed by atoms with Crippen molar-refractivity contribution in [2.24, 2.45) is 11.8 Å². The van der Waals surface area contributed by atoms with Crippen molar-refractivity contribution in [1.82, 2.24) is 9.80 Å². The Kier molecular flexibility index (Phi) is 8.78. The van der Waals surface area contributed by atoms with Crippen LogP contribution in [0.2, 0.25) is 0 Å². The molecule has 1 saturated heterocycles. The Labute approximate surface area is 212 Å². The van der Waals surface area contributed by atoms with E-state index in [9.17, 15) is 0 Å². The molecule has 0 amide bonds. The van der Waals surface area contributed by atoms with Gasteiger partial charge in [-0.1, -0.05) is 57.7 Å². The van der Waals surface area contributed by atoms with E-state index in [2.05, 4.69) is 80.5 Å². The van der Waals surface area contributed by atoms with Crippen LogP contribution < -0.4 is 9.47 Å². The monoisotopic (exact) mass is 476 g/mol. The van der Waals surface area contributed by atoms with Gasteiger partial charge in [-0.05, 0) is 67.0 Å². The third-order valence-corrected chi connectivity index (χ3v) is 7.33. The highest BCUT2D eigenvalue weighted by Crippen LogP contribution is 2.36. The lowest BCUT2D eigenvalue weighted by Crippen LogP contribution is -2.40. The summed E-state index contributed by atoms with van der Waals surface area (Å²) in [5.74, 6) is 2.88.